The Morgan fingerprint density at radius 2 is 2.11 bits per heavy atom. The van der Waals surface area contributed by atoms with E-state index < -0.39 is 0 Å². The standard InChI is InChI=1S/C13H13N3O2/c1-3-18-11-7-6-9-12(14-11)16-8-4-5-10(16)13(17)15(9)2/h4-8H,3H2,1-2H3. The molecule has 0 radical (unpaired) electrons. The number of pyridine rings is 1. The normalized spacial score (nSPS) is 11.2. The molecule has 0 fully saturated rings. The largest absolute Gasteiger partial charge is 0.478 e. The lowest BCUT2D eigenvalue weighted by molar-refractivity contribution is 0.328. The van der Waals surface area contributed by atoms with Gasteiger partial charge >= 0.3 is 0 Å². The number of aromatic nitrogens is 3. The lowest BCUT2D eigenvalue weighted by Crippen LogP contribution is -2.20. The van der Waals surface area contributed by atoms with Crippen LogP contribution < -0.4 is 10.3 Å². The van der Waals surface area contributed by atoms with Crippen LogP contribution in [0.1, 0.15) is 6.92 Å². The van der Waals surface area contributed by atoms with Crippen molar-refractivity contribution in [1.29, 1.82) is 0 Å². The Bertz CT molecular complexity index is 786. The summed E-state index contributed by atoms with van der Waals surface area (Å²) in [6.45, 7) is 2.48. The van der Waals surface area contributed by atoms with Crippen LogP contribution >= 0.6 is 0 Å². The minimum Gasteiger partial charge on any atom is -0.478 e. The number of hydrogen-bond acceptors (Lipinski definition) is 3. The number of rotatable bonds is 2. The zero-order valence-electron chi connectivity index (χ0n) is 10.3. The minimum absolute atomic E-state index is 0.0292. The van der Waals surface area contributed by atoms with Gasteiger partial charge in [-0.3, -0.25) is 9.20 Å². The summed E-state index contributed by atoms with van der Waals surface area (Å²) in [5.74, 6) is 0.568. The predicted molar refractivity (Wildman–Crippen MR) is 69.1 cm³/mol. The van der Waals surface area contributed by atoms with Gasteiger partial charge in [0.15, 0.2) is 5.65 Å². The highest BCUT2D eigenvalue weighted by atomic mass is 16.5. The van der Waals surface area contributed by atoms with Gasteiger partial charge in [-0.25, -0.2) is 0 Å². The molecule has 0 saturated heterocycles. The second kappa shape index (κ2) is 3.87. The highest BCUT2D eigenvalue weighted by Gasteiger charge is 2.09. The summed E-state index contributed by atoms with van der Waals surface area (Å²) in [6, 6.07) is 7.26. The molecule has 3 aromatic heterocycles. The van der Waals surface area contributed by atoms with Crippen LogP contribution in [0.5, 0.6) is 5.88 Å². The molecule has 0 aliphatic heterocycles. The van der Waals surface area contributed by atoms with E-state index in [1.807, 2.05) is 25.3 Å². The molecule has 0 amide bonds. The van der Waals surface area contributed by atoms with Crippen LogP contribution in [-0.2, 0) is 7.05 Å². The fourth-order valence-electron chi connectivity index (χ4n) is 2.11. The number of hydrogen-bond donors (Lipinski definition) is 0. The van der Waals surface area contributed by atoms with E-state index in [1.54, 1.807) is 28.1 Å². The second-order valence-corrected chi connectivity index (χ2v) is 4.05. The van der Waals surface area contributed by atoms with Crippen LogP contribution in [0.2, 0.25) is 0 Å². The van der Waals surface area contributed by atoms with E-state index >= 15 is 0 Å². The summed E-state index contributed by atoms with van der Waals surface area (Å²) in [5.41, 5.74) is 2.10. The lowest BCUT2D eigenvalue weighted by Gasteiger charge is -2.09. The van der Waals surface area contributed by atoms with Gasteiger partial charge in [-0.15, -0.1) is 0 Å². The summed E-state index contributed by atoms with van der Waals surface area (Å²) in [4.78, 5) is 16.5. The number of fused-ring (bicyclic) bond motifs is 3. The zero-order valence-corrected chi connectivity index (χ0v) is 10.3. The maximum Gasteiger partial charge on any atom is 0.275 e. The Balaban J connectivity index is 2.47. The molecule has 0 atom stereocenters. The maximum atomic E-state index is 12.1. The summed E-state index contributed by atoms with van der Waals surface area (Å²) in [6.07, 6.45) is 1.84. The van der Waals surface area contributed by atoms with Gasteiger partial charge in [0.1, 0.15) is 5.52 Å². The van der Waals surface area contributed by atoms with E-state index in [0.717, 1.165) is 11.2 Å². The van der Waals surface area contributed by atoms with E-state index in [-0.39, 0.29) is 5.56 Å². The van der Waals surface area contributed by atoms with E-state index in [1.165, 1.54) is 0 Å². The van der Waals surface area contributed by atoms with Gasteiger partial charge in [-0.2, -0.15) is 4.98 Å². The first-order valence-corrected chi connectivity index (χ1v) is 5.82. The Hall–Kier alpha value is -2.30. The number of nitrogens with zero attached hydrogens (tertiary/aromatic N) is 3. The maximum absolute atomic E-state index is 12.1. The first-order chi connectivity index (χ1) is 8.72. The summed E-state index contributed by atoms with van der Waals surface area (Å²) < 4.78 is 8.79. The third-order valence-electron chi connectivity index (χ3n) is 2.98. The van der Waals surface area contributed by atoms with Crippen molar-refractivity contribution in [3.8, 4) is 5.88 Å². The molecule has 0 aromatic carbocycles. The highest BCUT2D eigenvalue weighted by molar-refractivity contribution is 5.75. The molecule has 3 heterocycles. The Morgan fingerprint density at radius 3 is 2.89 bits per heavy atom. The van der Waals surface area contributed by atoms with Crippen LogP contribution in [0, 0.1) is 0 Å². The first-order valence-electron chi connectivity index (χ1n) is 5.82. The van der Waals surface area contributed by atoms with Crippen molar-refractivity contribution in [3.05, 3.63) is 40.8 Å². The Labute approximate surface area is 103 Å². The van der Waals surface area contributed by atoms with Crippen LogP contribution in [0.15, 0.2) is 35.3 Å². The Kier molecular flexibility index (Phi) is 2.33. The molecule has 0 spiro atoms. The molecule has 0 aliphatic carbocycles. The van der Waals surface area contributed by atoms with Gasteiger partial charge in [-0.1, -0.05) is 0 Å². The van der Waals surface area contributed by atoms with Crippen molar-refractivity contribution >= 4 is 16.7 Å². The van der Waals surface area contributed by atoms with Gasteiger partial charge in [0, 0.05) is 19.3 Å². The summed E-state index contributed by atoms with van der Waals surface area (Å²) in [5, 5.41) is 0. The fourth-order valence-corrected chi connectivity index (χ4v) is 2.11. The van der Waals surface area contributed by atoms with Crippen molar-refractivity contribution in [2.75, 3.05) is 6.61 Å². The summed E-state index contributed by atoms with van der Waals surface area (Å²) in [7, 11) is 1.75. The molecular weight excluding hydrogens is 230 g/mol. The summed E-state index contributed by atoms with van der Waals surface area (Å²) >= 11 is 0. The molecule has 0 saturated carbocycles. The smallest absolute Gasteiger partial charge is 0.275 e. The van der Waals surface area contributed by atoms with E-state index in [9.17, 15) is 4.79 Å². The van der Waals surface area contributed by atoms with Crippen molar-refractivity contribution in [1.82, 2.24) is 14.0 Å². The molecule has 0 aliphatic rings. The van der Waals surface area contributed by atoms with E-state index in [0.29, 0.717) is 18.0 Å². The first kappa shape index (κ1) is 10.8. The van der Waals surface area contributed by atoms with Crippen LogP contribution in [0.4, 0.5) is 0 Å². The molecule has 0 N–H and O–H groups in total. The predicted octanol–water partition coefficient (Wildman–Crippen LogP) is 1.58. The molecule has 18 heavy (non-hydrogen) atoms. The second-order valence-electron chi connectivity index (χ2n) is 4.05. The lowest BCUT2D eigenvalue weighted by atomic mass is 10.4. The quantitative estimate of drug-likeness (QED) is 0.686. The van der Waals surface area contributed by atoms with Gasteiger partial charge < -0.3 is 9.30 Å². The molecule has 3 rings (SSSR count). The molecule has 5 nitrogen and oxygen atoms in total. The average molecular weight is 243 g/mol. The molecular formula is C13H13N3O2. The number of ether oxygens (including phenoxy) is 1. The number of aryl methyl sites for hydroxylation is 1. The molecule has 5 heteroatoms. The fraction of sp³-hybridized carbons (Fsp3) is 0.231. The molecule has 3 aromatic rings. The van der Waals surface area contributed by atoms with E-state index in [4.69, 9.17) is 4.74 Å². The third kappa shape index (κ3) is 1.40. The van der Waals surface area contributed by atoms with Crippen LogP contribution in [-0.4, -0.2) is 20.6 Å². The van der Waals surface area contributed by atoms with Crippen molar-refractivity contribution in [2.45, 2.75) is 6.92 Å². The topological polar surface area (TPSA) is 48.5 Å². The van der Waals surface area contributed by atoms with Crippen molar-refractivity contribution in [3.63, 3.8) is 0 Å². The van der Waals surface area contributed by atoms with Crippen LogP contribution in [0.25, 0.3) is 16.7 Å². The Morgan fingerprint density at radius 1 is 1.28 bits per heavy atom. The van der Waals surface area contributed by atoms with Gasteiger partial charge in [0.05, 0.1) is 12.1 Å². The van der Waals surface area contributed by atoms with E-state index in [2.05, 4.69) is 4.98 Å². The highest BCUT2D eigenvalue weighted by Crippen LogP contribution is 2.16. The third-order valence-corrected chi connectivity index (χ3v) is 2.98. The molecule has 92 valence electrons. The van der Waals surface area contributed by atoms with Crippen molar-refractivity contribution < 1.29 is 4.74 Å². The van der Waals surface area contributed by atoms with Gasteiger partial charge in [0.2, 0.25) is 5.88 Å². The molecule has 0 bridgehead atoms. The van der Waals surface area contributed by atoms with Crippen molar-refractivity contribution in [2.24, 2.45) is 7.05 Å². The van der Waals surface area contributed by atoms with Gasteiger partial charge in [0.25, 0.3) is 5.56 Å². The van der Waals surface area contributed by atoms with Crippen LogP contribution in [0.3, 0.4) is 0 Å². The minimum atomic E-state index is -0.0292. The average Bonchev–Trinajstić information content (AvgIpc) is 2.86. The monoisotopic (exact) mass is 243 g/mol. The zero-order chi connectivity index (χ0) is 12.7. The SMILES string of the molecule is CCOc1ccc2c(n1)n1cccc1c(=O)n2C. The van der Waals surface area contributed by atoms with Gasteiger partial charge in [-0.05, 0) is 25.1 Å². The molecule has 0 unspecified atom stereocenters.